The quantitative estimate of drug-likeness (QED) is 0.787. The maximum atomic E-state index is 12.9. The van der Waals surface area contributed by atoms with E-state index in [0.717, 1.165) is 50.0 Å². The molecule has 0 radical (unpaired) electrons. The molecule has 1 aromatic rings. The fourth-order valence-electron chi connectivity index (χ4n) is 3.92. The van der Waals surface area contributed by atoms with Gasteiger partial charge in [-0.15, -0.1) is 0 Å². The summed E-state index contributed by atoms with van der Waals surface area (Å²) in [6.45, 7) is 5.52. The maximum Gasteiger partial charge on any atom is 0.234 e. The highest BCUT2D eigenvalue weighted by Crippen LogP contribution is 2.52. The second-order valence-electron chi connectivity index (χ2n) is 6.49. The van der Waals surface area contributed by atoms with E-state index >= 15 is 0 Å². The molecule has 116 valence electrons. The van der Waals surface area contributed by atoms with E-state index in [1.165, 1.54) is 0 Å². The lowest BCUT2D eigenvalue weighted by molar-refractivity contribution is -0.138. The number of hydrogen-bond donors (Lipinski definition) is 0. The monoisotopic (exact) mass is 298 g/mol. The molecule has 0 aliphatic carbocycles. The van der Waals surface area contributed by atoms with Gasteiger partial charge in [-0.3, -0.25) is 9.59 Å². The molecular weight excluding hydrogens is 276 g/mol. The van der Waals surface area contributed by atoms with Crippen molar-refractivity contribution in [2.45, 2.75) is 25.2 Å². The third-order valence-electron chi connectivity index (χ3n) is 5.30. The van der Waals surface area contributed by atoms with E-state index in [9.17, 15) is 9.59 Å². The number of hydrogen-bond acceptors (Lipinski definition) is 2. The summed E-state index contributed by atoms with van der Waals surface area (Å²) in [5, 5.41) is 0. The Hall–Kier alpha value is -2.10. The van der Waals surface area contributed by atoms with Crippen LogP contribution in [0.5, 0.6) is 0 Å². The topological polar surface area (TPSA) is 40.6 Å². The Balaban J connectivity index is 1.99. The van der Waals surface area contributed by atoms with Gasteiger partial charge in [0.2, 0.25) is 12.3 Å². The van der Waals surface area contributed by atoms with E-state index in [-0.39, 0.29) is 17.2 Å². The van der Waals surface area contributed by atoms with Crippen LogP contribution in [0.1, 0.15) is 30.7 Å². The number of rotatable bonds is 2. The van der Waals surface area contributed by atoms with Gasteiger partial charge in [-0.2, -0.15) is 0 Å². The zero-order valence-corrected chi connectivity index (χ0v) is 13.0. The molecule has 0 aromatic heterocycles. The number of allylic oxidation sites excluding steroid dienone is 1. The minimum atomic E-state index is -0.141. The highest BCUT2D eigenvalue weighted by atomic mass is 16.2. The largest absolute Gasteiger partial charge is 0.345 e. The SMILES string of the molecule is C=C1CC2(CCN(C=O)CC2)C(c2ccccc2)C(=O)N1C. The molecule has 4 nitrogen and oxygen atoms in total. The molecule has 2 aliphatic heterocycles. The summed E-state index contributed by atoms with van der Waals surface area (Å²) in [5.74, 6) is -0.0139. The molecule has 2 amide bonds. The molecule has 22 heavy (non-hydrogen) atoms. The summed E-state index contributed by atoms with van der Waals surface area (Å²) in [6, 6.07) is 10.0. The fourth-order valence-corrected chi connectivity index (χ4v) is 3.92. The van der Waals surface area contributed by atoms with Crippen LogP contribution in [0, 0.1) is 5.41 Å². The van der Waals surface area contributed by atoms with Crippen LogP contribution in [0.3, 0.4) is 0 Å². The third kappa shape index (κ3) is 2.32. The van der Waals surface area contributed by atoms with E-state index in [4.69, 9.17) is 0 Å². The van der Waals surface area contributed by atoms with Crippen molar-refractivity contribution in [3.63, 3.8) is 0 Å². The molecule has 1 aromatic carbocycles. The van der Waals surface area contributed by atoms with Crippen LogP contribution in [0.15, 0.2) is 42.6 Å². The van der Waals surface area contributed by atoms with Crippen LogP contribution >= 0.6 is 0 Å². The van der Waals surface area contributed by atoms with Gasteiger partial charge in [-0.05, 0) is 30.2 Å². The minimum absolute atomic E-state index is 0.110. The van der Waals surface area contributed by atoms with Crippen LogP contribution < -0.4 is 0 Å². The summed E-state index contributed by atoms with van der Waals surface area (Å²) in [5.41, 5.74) is 1.85. The summed E-state index contributed by atoms with van der Waals surface area (Å²) in [6.07, 6.45) is 3.44. The van der Waals surface area contributed by atoms with Crippen molar-refractivity contribution in [2.75, 3.05) is 20.1 Å². The van der Waals surface area contributed by atoms with E-state index in [2.05, 4.69) is 6.58 Å². The van der Waals surface area contributed by atoms with Gasteiger partial charge < -0.3 is 9.80 Å². The van der Waals surface area contributed by atoms with Gasteiger partial charge in [-0.1, -0.05) is 36.9 Å². The van der Waals surface area contributed by atoms with Gasteiger partial charge in [0.25, 0.3) is 0 Å². The first kappa shape index (κ1) is 14.8. The molecule has 0 saturated carbocycles. The van der Waals surface area contributed by atoms with Crippen molar-refractivity contribution in [1.29, 1.82) is 0 Å². The molecule has 2 aliphatic rings. The van der Waals surface area contributed by atoms with Crippen LogP contribution in [-0.2, 0) is 9.59 Å². The van der Waals surface area contributed by atoms with Gasteiger partial charge in [0.15, 0.2) is 0 Å². The van der Waals surface area contributed by atoms with Gasteiger partial charge in [0, 0.05) is 25.8 Å². The lowest BCUT2D eigenvalue weighted by atomic mass is 9.61. The molecule has 0 N–H and O–H groups in total. The number of likely N-dealkylation sites (tertiary alicyclic amines) is 2. The highest BCUT2D eigenvalue weighted by molar-refractivity contribution is 5.87. The summed E-state index contributed by atoms with van der Waals surface area (Å²) >= 11 is 0. The lowest BCUT2D eigenvalue weighted by Gasteiger charge is -2.50. The van der Waals surface area contributed by atoms with Crippen molar-refractivity contribution in [3.8, 4) is 0 Å². The maximum absolute atomic E-state index is 12.9. The standard InChI is InChI=1S/C18H22N2O2/c1-14-12-18(8-10-20(13-21)11-9-18)16(17(22)19(14)2)15-6-4-3-5-7-15/h3-7,13,16H,1,8-12H2,2H3. The van der Waals surface area contributed by atoms with Crippen molar-refractivity contribution >= 4 is 12.3 Å². The van der Waals surface area contributed by atoms with Crippen LogP contribution in [0.25, 0.3) is 0 Å². The van der Waals surface area contributed by atoms with E-state index in [1.807, 2.05) is 37.4 Å². The predicted molar refractivity (Wildman–Crippen MR) is 85.0 cm³/mol. The molecule has 2 heterocycles. The Kier molecular flexibility index (Phi) is 3.77. The van der Waals surface area contributed by atoms with E-state index in [0.29, 0.717) is 0 Å². The molecular formula is C18H22N2O2. The van der Waals surface area contributed by atoms with E-state index in [1.54, 1.807) is 9.80 Å². The smallest absolute Gasteiger partial charge is 0.234 e. The Morgan fingerprint density at radius 2 is 1.86 bits per heavy atom. The van der Waals surface area contributed by atoms with Crippen molar-refractivity contribution in [3.05, 3.63) is 48.2 Å². The molecule has 1 atom stereocenters. The molecule has 1 spiro atoms. The predicted octanol–water partition coefficient (Wildman–Crippen LogP) is 2.38. The molecule has 4 heteroatoms. The first-order valence-electron chi connectivity index (χ1n) is 7.77. The molecule has 3 rings (SSSR count). The number of amides is 2. The van der Waals surface area contributed by atoms with Crippen LogP contribution in [0.2, 0.25) is 0 Å². The third-order valence-corrected chi connectivity index (χ3v) is 5.30. The second kappa shape index (κ2) is 5.59. The van der Waals surface area contributed by atoms with Crippen molar-refractivity contribution in [1.82, 2.24) is 9.80 Å². The van der Waals surface area contributed by atoms with Gasteiger partial charge in [0.05, 0.1) is 5.92 Å². The number of carbonyl (C=O) groups excluding carboxylic acids is 2. The average molecular weight is 298 g/mol. The zero-order valence-electron chi connectivity index (χ0n) is 13.0. The zero-order chi connectivity index (χ0) is 15.7. The average Bonchev–Trinajstić information content (AvgIpc) is 2.55. The van der Waals surface area contributed by atoms with Gasteiger partial charge in [-0.25, -0.2) is 0 Å². The normalized spacial score (nSPS) is 24.7. The minimum Gasteiger partial charge on any atom is -0.345 e. The Bertz CT molecular complexity index is 588. The number of benzene rings is 1. The summed E-state index contributed by atoms with van der Waals surface area (Å²) in [7, 11) is 1.81. The van der Waals surface area contributed by atoms with Crippen LogP contribution in [0.4, 0.5) is 0 Å². The summed E-state index contributed by atoms with van der Waals surface area (Å²) < 4.78 is 0. The highest BCUT2D eigenvalue weighted by Gasteiger charge is 2.50. The fraction of sp³-hybridized carbons (Fsp3) is 0.444. The Labute approximate surface area is 131 Å². The first-order valence-corrected chi connectivity index (χ1v) is 7.77. The number of piperidine rings is 2. The number of carbonyl (C=O) groups is 2. The first-order chi connectivity index (χ1) is 10.6. The molecule has 2 saturated heterocycles. The van der Waals surface area contributed by atoms with Gasteiger partial charge in [0.1, 0.15) is 0 Å². The van der Waals surface area contributed by atoms with Gasteiger partial charge >= 0.3 is 0 Å². The Morgan fingerprint density at radius 1 is 1.23 bits per heavy atom. The van der Waals surface area contributed by atoms with Crippen LogP contribution in [-0.4, -0.2) is 42.3 Å². The summed E-state index contributed by atoms with van der Waals surface area (Å²) in [4.78, 5) is 27.4. The second-order valence-corrected chi connectivity index (χ2v) is 6.49. The number of likely N-dealkylation sites (N-methyl/N-ethyl adjacent to an activating group) is 1. The molecule has 1 unspecified atom stereocenters. The van der Waals surface area contributed by atoms with Crippen molar-refractivity contribution in [2.24, 2.45) is 5.41 Å². The number of nitrogens with zero attached hydrogens (tertiary/aromatic N) is 2. The molecule has 2 fully saturated rings. The molecule has 0 bridgehead atoms. The Morgan fingerprint density at radius 3 is 2.45 bits per heavy atom. The van der Waals surface area contributed by atoms with Crippen molar-refractivity contribution < 1.29 is 9.59 Å². The van der Waals surface area contributed by atoms with E-state index < -0.39 is 0 Å². The lowest BCUT2D eigenvalue weighted by Crippen LogP contribution is -2.51.